The number of benzene rings is 3. The van der Waals surface area contributed by atoms with Crippen LogP contribution in [0, 0.1) is 0 Å². The molecule has 4 nitrogen and oxygen atoms in total. The van der Waals surface area contributed by atoms with Crippen LogP contribution in [0.3, 0.4) is 0 Å². The molecule has 0 radical (unpaired) electrons. The molecule has 38 heavy (non-hydrogen) atoms. The summed E-state index contributed by atoms with van der Waals surface area (Å²) in [6, 6.07) is 32.4. The largest absolute Gasteiger partial charge is 0.494 e. The standard InChI is InChI=1S/C33H29BN2O2/c1-31(2)32(3,4)38-34(37-31)24-15-16-26-25-12-8-9-13-27(25)33(28(26)20-24,23-10-6-5-7-11-23)30-17-14-22-21-35-19-18-29(22)36-30/h5-21H,1-4H3. The first-order valence-electron chi connectivity index (χ1n) is 13.2. The summed E-state index contributed by atoms with van der Waals surface area (Å²) in [7, 11) is -0.446. The lowest BCUT2D eigenvalue weighted by Crippen LogP contribution is -2.41. The van der Waals surface area contributed by atoms with E-state index in [1.807, 2.05) is 12.3 Å². The molecule has 1 aliphatic heterocycles. The molecule has 186 valence electrons. The molecule has 1 fully saturated rings. The average Bonchev–Trinajstić information content (AvgIpc) is 3.35. The van der Waals surface area contributed by atoms with Gasteiger partial charge < -0.3 is 9.31 Å². The molecule has 2 aromatic heterocycles. The molecule has 0 amide bonds. The smallest absolute Gasteiger partial charge is 0.399 e. The third-order valence-corrected chi connectivity index (χ3v) is 8.67. The number of aromatic nitrogens is 2. The van der Waals surface area contributed by atoms with Crippen LogP contribution >= 0.6 is 0 Å². The minimum atomic E-state index is -0.593. The van der Waals surface area contributed by atoms with Crippen LogP contribution in [-0.2, 0) is 14.7 Å². The quantitative estimate of drug-likeness (QED) is 0.270. The van der Waals surface area contributed by atoms with Gasteiger partial charge >= 0.3 is 7.12 Å². The lowest BCUT2D eigenvalue weighted by atomic mass is 9.68. The molecule has 0 N–H and O–H groups in total. The predicted molar refractivity (Wildman–Crippen MR) is 153 cm³/mol. The highest BCUT2D eigenvalue weighted by atomic mass is 16.7. The fraction of sp³-hybridized carbons (Fsp3) is 0.212. The minimum Gasteiger partial charge on any atom is -0.399 e. The molecule has 1 unspecified atom stereocenters. The summed E-state index contributed by atoms with van der Waals surface area (Å²) in [6.45, 7) is 8.38. The van der Waals surface area contributed by atoms with Crippen molar-refractivity contribution in [3.63, 3.8) is 0 Å². The van der Waals surface area contributed by atoms with Gasteiger partial charge in [-0.2, -0.15) is 0 Å². The molecule has 2 aliphatic rings. The van der Waals surface area contributed by atoms with Crippen LogP contribution in [-0.4, -0.2) is 28.3 Å². The number of pyridine rings is 2. The Morgan fingerprint density at radius 3 is 2.18 bits per heavy atom. The number of nitrogens with zero attached hydrogens (tertiary/aromatic N) is 2. The summed E-state index contributed by atoms with van der Waals surface area (Å²) < 4.78 is 13.0. The van der Waals surface area contributed by atoms with Gasteiger partial charge in [0.05, 0.1) is 27.8 Å². The second-order valence-corrected chi connectivity index (χ2v) is 11.3. The van der Waals surface area contributed by atoms with E-state index in [0.29, 0.717) is 0 Å². The van der Waals surface area contributed by atoms with Crippen LogP contribution in [0.2, 0.25) is 0 Å². The zero-order valence-electron chi connectivity index (χ0n) is 22.1. The normalized spacial score (nSPS) is 20.9. The van der Waals surface area contributed by atoms with Gasteiger partial charge in [0.25, 0.3) is 0 Å². The fourth-order valence-electron chi connectivity index (χ4n) is 6.02. The summed E-state index contributed by atoms with van der Waals surface area (Å²) in [6.07, 6.45) is 3.68. The third-order valence-electron chi connectivity index (χ3n) is 8.67. The Morgan fingerprint density at radius 1 is 0.684 bits per heavy atom. The Kier molecular flexibility index (Phi) is 4.97. The Morgan fingerprint density at radius 2 is 1.39 bits per heavy atom. The molecule has 1 aliphatic carbocycles. The predicted octanol–water partition coefficient (Wildman–Crippen LogP) is 6.29. The molecule has 1 saturated heterocycles. The van der Waals surface area contributed by atoms with Gasteiger partial charge in [0.1, 0.15) is 0 Å². The van der Waals surface area contributed by atoms with Crippen molar-refractivity contribution in [2.75, 3.05) is 0 Å². The van der Waals surface area contributed by atoms with Crippen LogP contribution in [0.4, 0.5) is 0 Å². The van der Waals surface area contributed by atoms with Gasteiger partial charge in [-0.25, -0.2) is 0 Å². The Labute approximate surface area is 223 Å². The van der Waals surface area contributed by atoms with Crippen molar-refractivity contribution < 1.29 is 9.31 Å². The first kappa shape index (κ1) is 23.3. The number of hydrogen-bond acceptors (Lipinski definition) is 4. The molecule has 0 bridgehead atoms. The van der Waals surface area contributed by atoms with E-state index < -0.39 is 23.7 Å². The van der Waals surface area contributed by atoms with Crippen molar-refractivity contribution in [3.05, 3.63) is 126 Å². The van der Waals surface area contributed by atoms with Gasteiger partial charge in [0, 0.05) is 17.8 Å². The molecule has 7 rings (SSSR count). The zero-order valence-corrected chi connectivity index (χ0v) is 22.1. The van der Waals surface area contributed by atoms with Crippen molar-refractivity contribution in [2.45, 2.75) is 44.3 Å². The van der Waals surface area contributed by atoms with E-state index in [9.17, 15) is 0 Å². The van der Waals surface area contributed by atoms with E-state index in [0.717, 1.165) is 22.1 Å². The van der Waals surface area contributed by atoms with Crippen molar-refractivity contribution in [1.29, 1.82) is 0 Å². The first-order chi connectivity index (χ1) is 18.3. The van der Waals surface area contributed by atoms with Crippen LogP contribution < -0.4 is 5.46 Å². The van der Waals surface area contributed by atoms with Crippen LogP contribution in [0.1, 0.15) is 50.1 Å². The molecular weight excluding hydrogens is 467 g/mol. The lowest BCUT2D eigenvalue weighted by Gasteiger charge is -2.33. The van der Waals surface area contributed by atoms with Crippen LogP contribution in [0.25, 0.3) is 22.0 Å². The molecule has 0 saturated carbocycles. The van der Waals surface area contributed by atoms with Crippen molar-refractivity contribution in [3.8, 4) is 11.1 Å². The van der Waals surface area contributed by atoms with Crippen molar-refractivity contribution in [1.82, 2.24) is 9.97 Å². The highest BCUT2D eigenvalue weighted by molar-refractivity contribution is 6.62. The van der Waals surface area contributed by atoms with Gasteiger partial charge in [-0.1, -0.05) is 72.8 Å². The van der Waals surface area contributed by atoms with Crippen molar-refractivity contribution in [2.24, 2.45) is 0 Å². The highest BCUT2D eigenvalue weighted by Crippen LogP contribution is 2.55. The molecule has 5 heteroatoms. The summed E-state index contributed by atoms with van der Waals surface area (Å²) in [4.78, 5) is 9.57. The second kappa shape index (κ2) is 8.10. The molecular formula is C33H29BN2O2. The molecule has 5 aromatic rings. The maximum absolute atomic E-state index is 6.48. The maximum atomic E-state index is 6.48. The van der Waals surface area contributed by atoms with Crippen molar-refractivity contribution >= 4 is 23.5 Å². The van der Waals surface area contributed by atoms with E-state index in [4.69, 9.17) is 14.3 Å². The third kappa shape index (κ3) is 3.19. The molecule has 0 spiro atoms. The number of hydrogen-bond donors (Lipinski definition) is 0. The Bertz CT molecular complexity index is 1680. The van der Waals surface area contributed by atoms with E-state index in [1.165, 1.54) is 27.8 Å². The van der Waals surface area contributed by atoms with E-state index in [2.05, 4.69) is 118 Å². The monoisotopic (exact) mass is 496 g/mol. The maximum Gasteiger partial charge on any atom is 0.494 e. The van der Waals surface area contributed by atoms with Gasteiger partial charge in [-0.3, -0.25) is 9.97 Å². The first-order valence-corrected chi connectivity index (χ1v) is 13.2. The average molecular weight is 496 g/mol. The van der Waals surface area contributed by atoms with E-state index >= 15 is 0 Å². The summed E-state index contributed by atoms with van der Waals surface area (Å²) >= 11 is 0. The Hall–Kier alpha value is -3.80. The van der Waals surface area contributed by atoms with E-state index in [1.54, 1.807) is 6.20 Å². The number of rotatable bonds is 3. The Balaban J connectivity index is 1.53. The summed E-state index contributed by atoms with van der Waals surface area (Å²) in [5.74, 6) is 0. The lowest BCUT2D eigenvalue weighted by molar-refractivity contribution is 0.00578. The molecule has 3 aromatic carbocycles. The van der Waals surface area contributed by atoms with Gasteiger partial charge in [0.15, 0.2) is 0 Å². The molecule has 3 heterocycles. The van der Waals surface area contributed by atoms with Crippen LogP contribution in [0.15, 0.2) is 103 Å². The SMILES string of the molecule is CC1(C)OB(c2ccc3c(c2)C(c2ccccc2)(c2ccc4cnccc4n2)c2ccccc2-3)OC1(C)C. The summed E-state index contributed by atoms with van der Waals surface area (Å²) in [5.41, 5.74) is 7.55. The summed E-state index contributed by atoms with van der Waals surface area (Å²) in [5, 5.41) is 1.02. The number of fused-ring (bicyclic) bond motifs is 4. The van der Waals surface area contributed by atoms with Gasteiger partial charge in [0.2, 0.25) is 0 Å². The van der Waals surface area contributed by atoms with Gasteiger partial charge in [-0.05, 0) is 79.2 Å². The van der Waals surface area contributed by atoms with Crippen LogP contribution in [0.5, 0.6) is 0 Å². The topological polar surface area (TPSA) is 44.2 Å². The minimum absolute atomic E-state index is 0.413. The molecule has 1 atom stereocenters. The fourth-order valence-corrected chi connectivity index (χ4v) is 6.02. The highest BCUT2D eigenvalue weighted by Gasteiger charge is 2.53. The second-order valence-electron chi connectivity index (χ2n) is 11.3. The zero-order chi connectivity index (χ0) is 26.1. The van der Waals surface area contributed by atoms with Gasteiger partial charge in [-0.15, -0.1) is 0 Å². The van der Waals surface area contributed by atoms with E-state index in [-0.39, 0.29) is 0 Å².